The lowest BCUT2D eigenvalue weighted by Gasteiger charge is -2.04. The Morgan fingerprint density at radius 3 is 2.36 bits per heavy atom. The number of hydrogen-bond donors (Lipinski definition) is 0. The lowest BCUT2D eigenvalue weighted by molar-refractivity contribution is -0.109. The maximum absolute atomic E-state index is 11.5. The molecule has 0 fully saturated rings. The van der Waals surface area contributed by atoms with Crippen molar-refractivity contribution in [2.45, 2.75) is 6.92 Å². The van der Waals surface area contributed by atoms with Crippen molar-refractivity contribution in [1.82, 2.24) is 0 Å². The third-order valence-electron chi connectivity index (χ3n) is 1.99. The zero-order valence-corrected chi connectivity index (χ0v) is 8.19. The van der Waals surface area contributed by atoms with Crippen LogP contribution in [0.4, 0.5) is 0 Å². The summed E-state index contributed by atoms with van der Waals surface area (Å²) in [5.74, 6) is -0.0497. The number of ketones is 1. The summed E-state index contributed by atoms with van der Waals surface area (Å²) in [6.07, 6.45) is 0.645. The Morgan fingerprint density at radius 1 is 1.36 bits per heavy atom. The molecular formula is C11H12O3. The molecule has 0 aliphatic carbocycles. The van der Waals surface area contributed by atoms with Crippen LogP contribution in [0.5, 0.6) is 5.75 Å². The first-order chi connectivity index (χ1) is 6.69. The SMILES string of the molecule is COc1ccc(C(=O)C(C)C=O)cc1. The van der Waals surface area contributed by atoms with Crippen molar-refractivity contribution in [3.05, 3.63) is 29.8 Å². The first-order valence-corrected chi connectivity index (χ1v) is 4.32. The number of carbonyl (C=O) groups excluding carboxylic acids is 2. The van der Waals surface area contributed by atoms with Gasteiger partial charge in [0.2, 0.25) is 0 Å². The monoisotopic (exact) mass is 192 g/mol. The van der Waals surface area contributed by atoms with Crippen LogP contribution in [0.3, 0.4) is 0 Å². The molecule has 1 aromatic carbocycles. The quantitative estimate of drug-likeness (QED) is 0.414. The van der Waals surface area contributed by atoms with Crippen molar-refractivity contribution in [1.29, 1.82) is 0 Å². The first kappa shape index (κ1) is 10.4. The average molecular weight is 192 g/mol. The van der Waals surface area contributed by atoms with Crippen LogP contribution < -0.4 is 4.74 Å². The van der Waals surface area contributed by atoms with E-state index in [1.54, 1.807) is 38.3 Å². The molecule has 1 atom stereocenters. The van der Waals surface area contributed by atoms with Gasteiger partial charge in [-0.05, 0) is 31.2 Å². The number of rotatable bonds is 4. The fourth-order valence-corrected chi connectivity index (χ4v) is 1.08. The number of methoxy groups -OCH3 is 1. The van der Waals surface area contributed by atoms with E-state index in [1.807, 2.05) is 0 Å². The number of benzene rings is 1. The Balaban J connectivity index is 2.86. The highest BCUT2D eigenvalue weighted by Crippen LogP contribution is 2.13. The standard InChI is InChI=1S/C11H12O3/c1-8(7-12)11(13)9-3-5-10(14-2)6-4-9/h3-8H,1-2H3. The van der Waals surface area contributed by atoms with Gasteiger partial charge in [-0.1, -0.05) is 0 Å². The third-order valence-corrected chi connectivity index (χ3v) is 1.99. The van der Waals surface area contributed by atoms with Crippen molar-refractivity contribution < 1.29 is 14.3 Å². The van der Waals surface area contributed by atoms with Crippen LogP contribution in [0.1, 0.15) is 17.3 Å². The maximum atomic E-state index is 11.5. The molecule has 0 heterocycles. The molecular weight excluding hydrogens is 180 g/mol. The summed E-state index contributed by atoms with van der Waals surface area (Å²) in [5.41, 5.74) is 0.533. The molecule has 74 valence electrons. The fourth-order valence-electron chi connectivity index (χ4n) is 1.08. The number of aldehydes is 1. The molecule has 1 aromatic rings. The van der Waals surface area contributed by atoms with Gasteiger partial charge >= 0.3 is 0 Å². The molecule has 1 unspecified atom stereocenters. The zero-order chi connectivity index (χ0) is 10.6. The second kappa shape index (κ2) is 4.56. The largest absolute Gasteiger partial charge is 0.497 e. The lowest BCUT2D eigenvalue weighted by Crippen LogP contribution is -2.12. The Bertz CT molecular complexity index is 327. The second-order valence-corrected chi connectivity index (χ2v) is 3.02. The van der Waals surface area contributed by atoms with E-state index >= 15 is 0 Å². The van der Waals surface area contributed by atoms with Crippen molar-refractivity contribution in [2.75, 3.05) is 7.11 Å². The highest BCUT2D eigenvalue weighted by Gasteiger charge is 2.13. The van der Waals surface area contributed by atoms with Gasteiger partial charge in [0.15, 0.2) is 5.78 Å². The second-order valence-electron chi connectivity index (χ2n) is 3.02. The van der Waals surface area contributed by atoms with E-state index in [0.29, 0.717) is 17.6 Å². The minimum Gasteiger partial charge on any atom is -0.497 e. The van der Waals surface area contributed by atoms with Crippen molar-refractivity contribution in [3.8, 4) is 5.75 Å². The summed E-state index contributed by atoms with van der Waals surface area (Å²) in [6, 6.07) is 6.71. The van der Waals surface area contributed by atoms with Crippen LogP contribution in [-0.4, -0.2) is 19.2 Å². The highest BCUT2D eigenvalue weighted by atomic mass is 16.5. The van der Waals surface area contributed by atoms with Crippen LogP contribution >= 0.6 is 0 Å². The van der Waals surface area contributed by atoms with Gasteiger partial charge in [0.1, 0.15) is 12.0 Å². The molecule has 14 heavy (non-hydrogen) atoms. The van der Waals surface area contributed by atoms with Gasteiger partial charge in [0.05, 0.1) is 13.0 Å². The summed E-state index contributed by atoms with van der Waals surface area (Å²) in [5, 5.41) is 0. The Labute approximate surface area is 82.7 Å². The van der Waals surface area contributed by atoms with E-state index < -0.39 is 5.92 Å². The van der Waals surface area contributed by atoms with E-state index in [1.165, 1.54) is 0 Å². The molecule has 0 saturated carbocycles. The highest BCUT2D eigenvalue weighted by molar-refractivity contribution is 6.04. The normalized spacial score (nSPS) is 11.9. The molecule has 0 spiro atoms. The summed E-state index contributed by atoms with van der Waals surface area (Å²) < 4.78 is 4.95. The number of hydrogen-bond acceptors (Lipinski definition) is 3. The topological polar surface area (TPSA) is 43.4 Å². The zero-order valence-electron chi connectivity index (χ0n) is 8.19. The van der Waals surface area contributed by atoms with Crippen LogP contribution in [-0.2, 0) is 4.79 Å². The molecule has 0 aromatic heterocycles. The molecule has 0 bridgehead atoms. The average Bonchev–Trinajstić information content (AvgIpc) is 2.27. The Hall–Kier alpha value is -1.64. The smallest absolute Gasteiger partial charge is 0.172 e. The molecule has 3 heteroatoms. The van der Waals surface area contributed by atoms with Gasteiger partial charge in [-0.3, -0.25) is 4.79 Å². The Morgan fingerprint density at radius 2 is 1.93 bits per heavy atom. The predicted octanol–water partition coefficient (Wildman–Crippen LogP) is 1.71. The number of Topliss-reactive ketones (excluding diaryl/α,β-unsaturated/α-hetero) is 1. The van der Waals surface area contributed by atoms with E-state index in [4.69, 9.17) is 4.74 Å². The van der Waals surface area contributed by atoms with Gasteiger partial charge in [-0.2, -0.15) is 0 Å². The summed E-state index contributed by atoms with van der Waals surface area (Å²) >= 11 is 0. The van der Waals surface area contributed by atoms with Crippen molar-refractivity contribution in [3.63, 3.8) is 0 Å². The van der Waals surface area contributed by atoms with Gasteiger partial charge in [-0.25, -0.2) is 0 Å². The molecule has 0 aliphatic rings. The lowest BCUT2D eigenvalue weighted by atomic mass is 10.0. The van der Waals surface area contributed by atoms with Crippen LogP contribution in [0.2, 0.25) is 0 Å². The molecule has 3 nitrogen and oxygen atoms in total. The van der Waals surface area contributed by atoms with Gasteiger partial charge < -0.3 is 9.53 Å². The molecule has 0 saturated heterocycles. The maximum Gasteiger partial charge on any atom is 0.172 e. The van der Waals surface area contributed by atoms with Crippen LogP contribution in [0.25, 0.3) is 0 Å². The fraction of sp³-hybridized carbons (Fsp3) is 0.273. The van der Waals surface area contributed by atoms with Crippen LogP contribution in [0.15, 0.2) is 24.3 Å². The van der Waals surface area contributed by atoms with Gasteiger partial charge in [0, 0.05) is 5.56 Å². The molecule has 0 aliphatic heterocycles. The first-order valence-electron chi connectivity index (χ1n) is 4.32. The summed E-state index contributed by atoms with van der Waals surface area (Å²) in [7, 11) is 1.56. The number of carbonyl (C=O) groups is 2. The van der Waals surface area contributed by atoms with E-state index in [-0.39, 0.29) is 5.78 Å². The van der Waals surface area contributed by atoms with Crippen molar-refractivity contribution >= 4 is 12.1 Å². The molecule has 0 amide bonds. The summed E-state index contributed by atoms with van der Waals surface area (Å²) in [6.45, 7) is 1.58. The Kier molecular flexibility index (Phi) is 3.40. The third kappa shape index (κ3) is 2.19. The van der Waals surface area contributed by atoms with Gasteiger partial charge in [0.25, 0.3) is 0 Å². The predicted molar refractivity (Wildman–Crippen MR) is 52.6 cm³/mol. The molecule has 0 radical (unpaired) electrons. The molecule has 0 N–H and O–H groups in total. The van der Waals surface area contributed by atoms with Gasteiger partial charge in [-0.15, -0.1) is 0 Å². The molecule has 1 rings (SSSR count). The van der Waals surface area contributed by atoms with Crippen LogP contribution in [0, 0.1) is 5.92 Å². The van der Waals surface area contributed by atoms with E-state index in [0.717, 1.165) is 0 Å². The minimum absolute atomic E-state index is 0.164. The van der Waals surface area contributed by atoms with Crippen molar-refractivity contribution in [2.24, 2.45) is 5.92 Å². The number of ether oxygens (including phenoxy) is 1. The minimum atomic E-state index is -0.580. The van der Waals surface area contributed by atoms with E-state index in [2.05, 4.69) is 0 Å². The summed E-state index contributed by atoms with van der Waals surface area (Å²) in [4.78, 5) is 21.9. The van der Waals surface area contributed by atoms with E-state index in [9.17, 15) is 9.59 Å².